The Morgan fingerprint density at radius 2 is 2.16 bits per heavy atom. The van der Waals surface area contributed by atoms with Crippen LogP contribution in [0.25, 0.3) is 10.9 Å². The highest BCUT2D eigenvalue weighted by Gasteiger charge is 2.07. The van der Waals surface area contributed by atoms with Crippen molar-refractivity contribution in [3.63, 3.8) is 0 Å². The summed E-state index contributed by atoms with van der Waals surface area (Å²) in [5.74, 6) is -0.127. The lowest BCUT2D eigenvalue weighted by Crippen LogP contribution is -2.25. The fourth-order valence-electron chi connectivity index (χ4n) is 2.12. The summed E-state index contributed by atoms with van der Waals surface area (Å²) in [5.41, 5.74) is 2.82. The quantitative estimate of drug-likeness (QED) is 0.665. The lowest BCUT2D eigenvalue weighted by Gasteiger charge is -2.02. The number of imidazole rings is 1. The van der Waals surface area contributed by atoms with Crippen LogP contribution in [-0.4, -0.2) is 27.4 Å². The molecule has 3 N–H and O–H groups in total. The Morgan fingerprint density at radius 3 is 3.00 bits per heavy atom. The van der Waals surface area contributed by atoms with E-state index in [1.807, 2.05) is 24.4 Å². The number of aromatic nitrogens is 3. The number of carbonyl (C=O) groups excluding carboxylic acids is 1. The summed E-state index contributed by atoms with van der Waals surface area (Å²) >= 11 is 0. The fourth-order valence-corrected chi connectivity index (χ4v) is 2.12. The van der Waals surface area contributed by atoms with Gasteiger partial charge in [0.15, 0.2) is 0 Å². The van der Waals surface area contributed by atoms with Crippen LogP contribution in [0, 0.1) is 0 Å². The van der Waals surface area contributed by atoms with Crippen molar-refractivity contribution in [1.29, 1.82) is 0 Å². The highest BCUT2D eigenvalue weighted by molar-refractivity contribution is 5.92. The molecule has 0 unspecified atom stereocenters. The van der Waals surface area contributed by atoms with Gasteiger partial charge in [0.2, 0.25) is 0 Å². The fraction of sp³-hybridized carbons (Fsp3) is 0.143. The number of benzene rings is 1. The van der Waals surface area contributed by atoms with Crippen molar-refractivity contribution >= 4 is 16.8 Å². The number of para-hydroxylation sites is 1. The van der Waals surface area contributed by atoms with Gasteiger partial charge in [-0.1, -0.05) is 18.2 Å². The van der Waals surface area contributed by atoms with E-state index in [1.165, 1.54) is 23.5 Å². The number of nitrogens with one attached hydrogen (secondary N) is 3. The third kappa shape index (κ3) is 2.35. The smallest absolute Gasteiger partial charge is 0.269 e. The molecule has 0 aliphatic carbocycles. The summed E-state index contributed by atoms with van der Waals surface area (Å²) < 4.78 is 0. The van der Waals surface area contributed by atoms with Gasteiger partial charge in [-0.15, -0.1) is 0 Å². The second kappa shape index (κ2) is 4.97. The lowest BCUT2D eigenvalue weighted by atomic mass is 10.1. The average Bonchev–Trinajstić information content (AvgIpc) is 3.08. The predicted octanol–water partition coefficient (Wildman–Crippen LogP) is 1.86. The third-order valence-corrected chi connectivity index (χ3v) is 3.10. The van der Waals surface area contributed by atoms with Gasteiger partial charge in [0.25, 0.3) is 5.91 Å². The Kier molecular flexibility index (Phi) is 3.02. The summed E-state index contributed by atoms with van der Waals surface area (Å²) in [7, 11) is 0. The normalized spacial score (nSPS) is 10.7. The number of fused-ring (bicyclic) bond motifs is 1. The molecule has 3 aromatic rings. The molecule has 0 saturated heterocycles. The standard InChI is InChI=1S/C14H14N4O/c19-14(13-8-15-9-18-13)16-6-5-10-7-17-12-4-2-1-3-11(10)12/h1-4,7-9,17H,5-6H2,(H,15,18)(H,16,19). The van der Waals surface area contributed by atoms with Gasteiger partial charge in [0.05, 0.1) is 12.5 Å². The van der Waals surface area contributed by atoms with Gasteiger partial charge >= 0.3 is 0 Å². The molecule has 0 bridgehead atoms. The molecule has 96 valence electrons. The molecule has 1 aromatic carbocycles. The van der Waals surface area contributed by atoms with Crippen LogP contribution in [0.5, 0.6) is 0 Å². The van der Waals surface area contributed by atoms with E-state index in [0.717, 1.165) is 11.9 Å². The minimum atomic E-state index is -0.127. The molecule has 0 aliphatic heterocycles. The molecule has 0 fully saturated rings. The van der Waals surface area contributed by atoms with Crippen LogP contribution in [0.4, 0.5) is 0 Å². The number of hydrogen-bond acceptors (Lipinski definition) is 2. The molecule has 0 aliphatic rings. The average molecular weight is 254 g/mol. The van der Waals surface area contributed by atoms with E-state index in [-0.39, 0.29) is 5.91 Å². The van der Waals surface area contributed by atoms with Crippen molar-refractivity contribution < 1.29 is 4.79 Å². The Morgan fingerprint density at radius 1 is 1.26 bits per heavy atom. The van der Waals surface area contributed by atoms with Gasteiger partial charge in [-0.05, 0) is 18.1 Å². The second-order valence-corrected chi connectivity index (χ2v) is 4.33. The van der Waals surface area contributed by atoms with Gasteiger partial charge in [0.1, 0.15) is 5.69 Å². The lowest BCUT2D eigenvalue weighted by molar-refractivity contribution is 0.0949. The molecule has 2 aromatic heterocycles. The molecule has 0 radical (unpaired) electrons. The first kappa shape index (κ1) is 11.5. The monoisotopic (exact) mass is 254 g/mol. The van der Waals surface area contributed by atoms with Crippen LogP contribution in [-0.2, 0) is 6.42 Å². The molecule has 3 rings (SSSR count). The van der Waals surface area contributed by atoms with E-state index in [2.05, 4.69) is 26.3 Å². The zero-order chi connectivity index (χ0) is 13.1. The Balaban J connectivity index is 1.62. The first-order valence-corrected chi connectivity index (χ1v) is 6.16. The highest BCUT2D eigenvalue weighted by Crippen LogP contribution is 2.17. The minimum Gasteiger partial charge on any atom is -0.361 e. The van der Waals surface area contributed by atoms with E-state index >= 15 is 0 Å². The van der Waals surface area contributed by atoms with Gasteiger partial charge in [-0.2, -0.15) is 0 Å². The van der Waals surface area contributed by atoms with Gasteiger partial charge in [-0.25, -0.2) is 4.98 Å². The summed E-state index contributed by atoms with van der Waals surface area (Å²) in [6.07, 6.45) is 5.80. The van der Waals surface area contributed by atoms with Crippen LogP contribution >= 0.6 is 0 Å². The van der Waals surface area contributed by atoms with E-state index in [1.54, 1.807) is 0 Å². The molecule has 2 heterocycles. The number of carbonyl (C=O) groups is 1. The molecule has 19 heavy (non-hydrogen) atoms. The van der Waals surface area contributed by atoms with Crippen molar-refractivity contribution in [2.75, 3.05) is 6.54 Å². The van der Waals surface area contributed by atoms with Crippen molar-refractivity contribution in [2.24, 2.45) is 0 Å². The van der Waals surface area contributed by atoms with Gasteiger partial charge in [0, 0.05) is 23.6 Å². The molecule has 1 amide bonds. The van der Waals surface area contributed by atoms with Crippen LogP contribution in [0.15, 0.2) is 43.0 Å². The van der Waals surface area contributed by atoms with Crippen LogP contribution in [0.3, 0.4) is 0 Å². The highest BCUT2D eigenvalue weighted by atomic mass is 16.1. The van der Waals surface area contributed by atoms with Crippen molar-refractivity contribution in [2.45, 2.75) is 6.42 Å². The summed E-state index contributed by atoms with van der Waals surface area (Å²) in [6, 6.07) is 8.14. The maximum atomic E-state index is 11.7. The maximum absolute atomic E-state index is 11.7. The predicted molar refractivity (Wildman–Crippen MR) is 72.9 cm³/mol. The van der Waals surface area contributed by atoms with Crippen molar-refractivity contribution in [1.82, 2.24) is 20.3 Å². The van der Waals surface area contributed by atoms with Gasteiger partial charge < -0.3 is 15.3 Å². The number of hydrogen-bond donors (Lipinski definition) is 3. The number of amides is 1. The number of H-pyrrole nitrogens is 2. The molecular weight excluding hydrogens is 240 g/mol. The zero-order valence-electron chi connectivity index (χ0n) is 10.3. The maximum Gasteiger partial charge on any atom is 0.269 e. The molecule has 0 atom stereocenters. The van der Waals surface area contributed by atoms with Crippen molar-refractivity contribution in [3.8, 4) is 0 Å². The summed E-state index contributed by atoms with van der Waals surface area (Å²) in [6.45, 7) is 0.597. The van der Waals surface area contributed by atoms with E-state index in [4.69, 9.17) is 0 Å². The van der Waals surface area contributed by atoms with E-state index in [0.29, 0.717) is 12.2 Å². The number of nitrogens with zero attached hydrogens (tertiary/aromatic N) is 1. The largest absolute Gasteiger partial charge is 0.361 e. The van der Waals surface area contributed by atoms with Crippen LogP contribution < -0.4 is 5.32 Å². The summed E-state index contributed by atoms with van der Waals surface area (Å²) in [4.78, 5) is 21.5. The molecule has 5 heteroatoms. The number of aromatic amines is 2. The summed E-state index contributed by atoms with van der Waals surface area (Å²) in [5, 5.41) is 4.07. The zero-order valence-corrected chi connectivity index (χ0v) is 10.3. The minimum absolute atomic E-state index is 0.127. The van der Waals surface area contributed by atoms with Gasteiger partial charge in [-0.3, -0.25) is 4.79 Å². The van der Waals surface area contributed by atoms with Crippen LogP contribution in [0.2, 0.25) is 0 Å². The molecular formula is C14H14N4O. The first-order chi connectivity index (χ1) is 9.34. The molecule has 0 saturated carbocycles. The SMILES string of the molecule is O=C(NCCc1c[nH]c2ccccc12)c1cnc[nH]1. The molecule has 5 nitrogen and oxygen atoms in total. The van der Waals surface area contributed by atoms with E-state index < -0.39 is 0 Å². The number of rotatable bonds is 4. The topological polar surface area (TPSA) is 73.6 Å². The van der Waals surface area contributed by atoms with Crippen LogP contribution in [0.1, 0.15) is 16.1 Å². The molecule has 0 spiro atoms. The first-order valence-electron chi connectivity index (χ1n) is 6.16. The second-order valence-electron chi connectivity index (χ2n) is 4.33. The van der Waals surface area contributed by atoms with Crippen molar-refractivity contribution in [3.05, 3.63) is 54.2 Å². The van der Waals surface area contributed by atoms with E-state index in [9.17, 15) is 4.79 Å². The Bertz CT molecular complexity index is 684. The Labute approximate surface area is 110 Å². The third-order valence-electron chi connectivity index (χ3n) is 3.10. The Hall–Kier alpha value is -2.56.